The van der Waals surface area contributed by atoms with Crippen LogP contribution in [0.5, 0.6) is 0 Å². The van der Waals surface area contributed by atoms with Gasteiger partial charge in [0, 0.05) is 45.9 Å². The Balaban J connectivity index is 1.84. The minimum atomic E-state index is 0.345. The van der Waals surface area contributed by atoms with Gasteiger partial charge in [0.2, 0.25) is 5.96 Å². The van der Waals surface area contributed by atoms with Crippen LogP contribution < -0.4 is 5.32 Å². The molecule has 0 radical (unpaired) electrons. The lowest BCUT2D eigenvalue weighted by Crippen LogP contribution is -2.56. The molecular formula is C12H23N5O. The molecular weight excluding hydrogens is 230 g/mol. The van der Waals surface area contributed by atoms with Crippen molar-refractivity contribution < 1.29 is 4.74 Å². The minimum absolute atomic E-state index is 0.345. The Morgan fingerprint density at radius 3 is 2.94 bits per heavy atom. The van der Waals surface area contributed by atoms with Crippen molar-refractivity contribution in [3.8, 4) is 0 Å². The van der Waals surface area contributed by atoms with Gasteiger partial charge in [-0.2, -0.15) is 0 Å². The maximum absolute atomic E-state index is 4.99. The number of piperazine rings is 1. The predicted octanol–water partition coefficient (Wildman–Crippen LogP) is -0.374. The molecule has 2 aliphatic rings. The van der Waals surface area contributed by atoms with Crippen LogP contribution in [0.3, 0.4) is 0 Å². The molecule has 0 saturated carbocycles. The van der Waals surface area contributed by atoms with Gasteiger partial charge in [0.15, 0.2) is 0 Å². The first-order valence-corrected chi connectivity index (χ1v) is 6.54. The highest BCUT2D eigenvalue weighted by Gasteiger charge is 2.24. The molecule has 0 spiro atoms. The highest BCUT2D eigenvalue weighted by molar-refractivity contribution is 5.90. The maximum Gasteiger partial charge on any atom is 0.218 e. The molecule has 0 aromatic carbocycles. The zero-order valence-electron chi connectivity index (χ0n) is 11.3. The van der Waals surface area contributed by atoms with E-state index in [0.717, 1.165) is 38.6 Å². The molecule has 18 heavy (non-hydrogen) atoms. The molecule has 1 unspecified atom stereocenters. The maximum atomic E-state index is 4.99. The normalized spacial score (nSPS) is 28.6. The van der Waals surface area contributed by atoms with Crippen molar-refractivity contribution in [1.29, 1.82) is 0 Å². The molecule has 0 bridgehead atoms. The summed E-state index contributed by atoms with van der Waals surface area (Å²) in [6.45, 7) is 5.77. The SMILES string of the molecule is COCCN=C1N=CCC(N2CCN(C)CC2)N1. The smallest absolute Gasteiger partial charge is 0.218 e. The summed E-state index contributed by atoms with van der Waals surface area (Å²) in [7, 11) is 3.86. The molecule has 102 valence electrons. The van der Waals surface area contributed by atoms with E-state index in [0.29, 0.717) is 19.3 Å². The summed E-state index contributed by atoms with van der Waals surface area (Å²) in [5.41, 5.74) is 0. The Morgan fingerprint density at radius 2 is 2.22 bits per heavy atom. The number of hydrogen-bond acceptors (Lipinski definition) is 4. The molecule has 1 saturated heterocycles. The fourth-order valence-corrected chi connectivity index (χ4v) is 2.19. The first-order valence-electron chi connectivity index (χ1n) is 6.54. The molecule has 6 heteroatoms. The van der Waals surface area contributed by atoms with E-state index in [2.05, 4.69) is 32.1 Å². The number of rotatable bonds is 4. The quantitative estimate of drug-likeness (QED) is 0.694. The van der Waals surface area contributed by atoms with Crippen molar-refractivity contribution in [2.75, 3.05) is 53.5 Å². The Kier molecular flexibility index (Phi) is 5.10. The van der Waals surface area contributed by atoms with Gasteiger partial charge in [-0.25, -0.2) is 9.98 Å². The molecule has 2 rings (SSSR count). The first-order chi connectivity index (χ1) is 8.79. The fourth-order valence-electron chi connectivity index (χ4n) is 2.19. The van der Waals surface area contributed by atoms with Crippen LogP contribution in [0.15, 0.2) is 9.98 Å². The second-order valence-electron chi connectivity index (χ2n) is 4.74. The lowest BCUT2D eigenvalue weighted by Gasteiger charge is -2.38. The minimum Gasteiger partial charge on any atom is -0.383 e. The van der Waals surface area contributed by atoms with Crippen LogP contribution in [0.1, 0.15) is 6.42 Å². The highest BCUT2D eigenvalue weighted by Crippen LogP contribution is 2.08. The Hall–Kier alpha value is -0.980. The predicted molar refractivity (Wildman–Crippen MR) is 73.3 cm³/mol. The monoisotopic (exact) mass is 253 g/mol. The Bertz CT molecular complexity index is 310. The second-order valence-corrected chi connectivity index (χ2v) is 4.74. The third kappa shape index (κ3) is 3.76. The van der Waals surface area contributed by atoms with Gasteiger partial charge in [-0.1, -0.05) is 0 Å². The molecule has 0 aromatic heterocycles. The van der Waals surface area contributed by atoms with Gasteiger partial charge < -0.3 is 15.0 Å². The van der Waals surface area contributed by atoms with E-state index in [4.69, 9.17) is 4.74 Å². The van der Waals surface area contributed by atoms with Crippen LogP contribution in [0.2, 0.25) is 0 Å². The van der Waals surface area contributed by atoms with E-state index in [1.807, 2.05) is 6.21 Å². The van der Waals surface area contributed by atoms with Crippen molar-refractivity contribution in [2.24, 2.45) is 9.98 Å². The number of ether oxygens (including phenoxy) is 1. The van der Waals surface area contributed by atoms with Crippen molar-refractivity contribution in [2.45, 2.75) is 12.6 Å². The molecule has 1 N–H and O–H groups in total. The van der Waals surface area contributed by atoms with E-state index >= 15 is 0 Å². The zero-order chi connectivity index (χ0) is 12.8. The Labute approximate surface area is 109 Å². The number of aliphatic imine (C=N–C) groups is 2. The average molecular weight is 253 g/mol. The number of hydrogen-bond donors (Lipinski definition) is 1. The molecule has 1 fully saturated rings. The van der Waals surface area contributed by atoms with Crippen molar-refractivity contribution in [1.82, 2.24) is 15.1 Å². The van der Waals surface area contributed by atoms with E-state index in [1.54, 1.807) is 7.11 Å². The van der Waals surface area contributed by atoms with Crippen molar-refractivity contribution in [3.05, 3.63) is 0 Å². The van der Waals surface area contributed by atoms with Gasteiger partial charge in [-0.3, -0.25) is 4.90 Å². The summed E-state index contributed by atoms with van der Waals surface area (Å²) < 4.78 is 4.99. The molecule has 2 heterocycles. The van der Waals surface area contributed by atoms with Crippen molar-refractivity contribution >= 4 is 12.2 Å². The van der Waals surface area contributed by atoms with Gasteiger partial charge in [0.1, 0.15) is 0 Å². The van der Waals surface area contributed by atoms with Crippen LogP contribution in [-0.2, 0) is 4.74 Å². The van der Waals surface area contributed by atoms with Crippen LogP contribution in [0.25, 0.3) is 0 Å². The third-order valence-electron chi connectivity index (χ3n) is 3.37. The van der Waals surface area contributed by atoms with Crippen LogP contribution in [0, 0.1) is 0 Å². The van der Waals surface area contributed by atoms with Crippen LogP contribution >= 0.6 is 0 Å². The highest BCUT2D eigenvalue weighted by atomic mass is 16.5. The average Bonchev–Trinajstić information content (AvgIpc) is 2.40. The van der Waals surface area contributed by atoms with Gasteiger partial charge in [0.25, 0.3) is 0 Å². The number of likely N-dealkylation sites (N-methyl/N-ethyl adjacent to an activating group) is 1. The largest absolute Gasteiger partial charge is 0.383 e. The van der Waals surface area contributed by atoms with E-state index < -0.39 is 0 Å². The van der Waals surface area contributed by atoms with Crippen LogP contribution in [0.4, 0.5) is 0 Å². The van der Waals surface area contributed by atoms with Crippen molar-refractivity contribution in [3.63, 3.8) is 0 Å². The second kappa shape index (κ2) is 6.82. The topological polar surface area (TPSA) is 52.5 Å². The third-order valence-corrected chi connectivity index (χ3v) is 3.37. The number of nitrogens with zero attached hydrogens (tertiary/aromatic N) is 4. The standard InChI is InChI=1S/C12H23N5O/c1-16-6-8-17(9-7-16)11-3-4-13-12(15-11)14-5-10-18-2/h4,11H,3,5-10H2,1-2H3,(H,14,15). The van der Waals surface area contributed by atoms with E-state index in [-0.39, 0.29) is 0 Å². The number of methoxy groups -OCH3 is 1. The Morgan fingerprint density at radius 1 is 1.44 bits per heavy atom. The number of guanidine groups is 1. The summed E-state index contributed by atoms with van der Waals surface area (Å²) in [4.78, 5) is 13.5. The molecule has 0 amide bonds. The summed E-state index contributed by atoms with van der Waals surface area (Å²) >= 11 is 0. The van der Waals surface area contributed by atoms with Crippen LogP contribution in [-0.4, -0.2) is 81.6 Å². The summed E-state index contributed by atoms with van der Waals surface area (Å²) in [6.07, 6.45) is 3.26. The molecule has 2 aliphatic heterocycles. The fraction of sp³-hybridized carbons (Fsp3) is 0.833. The lowest BCUT2D eigenvalue weighted by atomic mass is 10.2. The van der Waals surface area contributed by atoms with E-state index in [1.165, 1.54) is 0 Å². The van der Waals surface area contributed by atoms with Gasteiger partial charge in [-0.15, -0.1) is 0 Å². The molecule has 1 atom stereocenters. The molecule has 6 nitrogen and oxygen atoms in total. The summed E-state index contributed by atoms with van der Waals surface area (Å²) in [6, 6.07) is 0. The van der Waals surface area contributed by atoms with Gasteiger partial charge in [0.05, 0.1) is 19.3 Å². The summed E-state index contributed by atoms with van der Waals surface area (Å²) in [5.74, 6) is 0.738. The summed E-state index contributed by atoms with van der Waals surface area (Å²) in [5, 5.41) is 3.40. The van der Waals surface area contributed by atoms with Gasteiger partial charge in [-0.05, 0) is 7.05 Å². The number of nitrogens with one attached hydrogen (secondary N) is 1. The molecule has 0 aliphatic carbocycles. The molecule has 0 aromatic rings. The zero-order valence-corrected chi connectivity index (χ0v) is 11.3. The first kappa shape index (κ1) is 13.5. The van der Waals surface area contributed by atoms with Gasteiger partial charge >= 0.3 is 0 Å². The lowest BCUT2D eigenvalue weighted by molar-refractivity contribution is 0.106. The van der Waals surface area contributed by atoms with E-state index in [9.17, 15) is 0 Å².